The summed E-state index contributed by atoms with van der Waals surface area (Å²) >= 11 is 0. The van der Waals surface area contributed by atoms with Crippen LogP contribution >= 0.6 is 0 Å². The van der Waals surface area contributed by atoms with Crippen LogP contribution in [0.4, 0.5) is 0 Å². The normalized spacial score (nSPS) is 19.7. The third kappa shape index (κ3) is 4.77. The lowest BCUT2D eigenvalue weighted by molar-refractivity contribution is -0.150. The van der Waals surface area contributed by atoms with Crippen LogP contribution in [0.2, 0.25) is 0 Å². The molecule has 1 fully saturated rings. The van der Waals surface area contributed by atoms with Crippen LogP contribution in [0, 0.1) is 11.8 Å². The lowest BCUT2D eigenvalue weighted by Gasteiger charge is -2.07. The molecular formula is C16H21NO4. The van der Waals surface area contributed by atoms with Crippen LogP contribution in [0.25, 0.3) is 0 Å². The fourth-order valence-electron chi connectivity index (χ4n) is 2.08. The summed E-state index contributed by atoms with van der Waals surface area (Å²) in [4.78, 5) is 23.0. The molecule has 1 aromatic carbocycles. The van der Waals surface area contributed by atoms with Crippen LogP contribution < -0.4 is 10.1 Å². The second kappa shape index (κ2) is 7.11. The first kappa shape index (κ1) is 15.4. The van der Waals surface area contributed by atoms with Crippen molar-refractivity contribution in [2.75, 3.05) is 20.3 Å². The lowest BCUT2D eigenvalue weighted by atomic mass is 10.1. The minimum atomic E-state index is -0.259. The highest BCUT2D eigenvalue weighted by atomic mass is 16.5. The summed E-state index contributed by atoms with van der Waals surface area (Å²) in [5.74, 6) is 0.690. The summed E-state index contributed by atoms with van der Waals surface area (Å²) < 4.78 is 10.0. The van der Waals surface area contributed by atoms with Gasteiger partial charge in [-0.3, -0.25) is 9.59 Å². The first-order valence-electron chi connectivity index (χ1n) is 7.16. The van der Waals surface area contributed by atoms with Gasteiger partial charge in [0.05, 0.1) is 13.0 Å². The van der Waals surface area contributed by atoms with Crippen LogP contribution in [0.3, 0.4) is 0 Å². The van der Waals surface area contributed by atoms with E-state index in [9.17, 15) is 9.59 Å². The number of methoxy groups -OCH3 is 1. The van der Waals surface area contributed by atoms with E-state index in [1.165, 1.54) is 0 Å². The summed E-state index contributed by atoms with van der Waals surface area (Å²) in [5.41, 5.74) is 1.11. The Bertz CT molecular complexity index is 498. The fourth-order valence-corrected chi connectivity index (χ4v) is 2.08. The molecule has 0 aromatic heterocycles. The maximum absolute atomic E-state index is 11.6. The fraction of sp³-hybridized carbons (Fsp3) is 0.500. The van der Waals surface area contributed by atoms with E-state index in [0.29, 0.717) is 12.5 Å². The molecule has 2 rings (SSSR count). The number of carbonyl (C=O) groups is 2. The van der Waals surface area contributed by atoms with Gasteiger partial charge in [0.15, 0.2) is 6.61 Å². The predicted octanol–water partition coefficient (Wildman–Crippen LogP) is 1.55. The van der Waals surface area contributed by atoms with Gasteiger partial charge in [-0.15, -0.1) is 0 Å². The molecule has 0 radical (unpaired) electrons. The van der Waals surface area contributed by atoms with Gasteiger partial charge in [0.2, 0.25) is 0 Å². The van der Waals surface area contributed by atoms with Crippen molar-refractivity contribution in [2.45, 2.75) is 19.8 Å². The highest BCUT2D eigenvalue weighted by molar-refractivity contribution is 5.82. The Kier molecular flexibility index (Phi) is 5.20. The molecule has 5 nitrogen and oxygen atoms in total. The summed E-state index contributed by atoms with van der Waals surface area (Å²) in [5, 5.41) is 2.74. The first-order valence-corrected chi connectivity index (χ1v) is 7.16. The van der Waals surface area contributed by atoms with E-state index in [1.807, 2.05) is 31.2 Å². The van der Waals surface area contributed by atoms with Crippen LogP contribution in [0.1, 0.15) is 18.9 Å². The molecule has 5 heteroatoms. The van der Waals surface area contributed by atoms with Gasteiger partial charge in [-0.1, -0.05) is 19.1 Å². The molecule has 0 unspecified atom stereocenters. The van der Waals surface area contributed by atoms with E-state index in [2.05, 4.69) is 5.32 Å². The first-order chi connectivity index (χ1) is 10.1. The Labute approximate surface area is 124 Å². The van der Waals surface area contributed by atoms with Crippen molar-refractivity contribution in [3.63, 3.8) is 0 Å². The third-order valence-corrected chi connectivity index (χ3v) is 3.65. The summed E-state index contributed by atoms with van der Waals surface area (Å²) in [6.45, 7) is 2.33. The van der Waals surface area contributed by atoms with Crippen LogP contribution in [0.5, 0.6) is 5.75 Å². The topological polar surface area (TPSA) is 64.6 Å². The molecule has 0 bridgehead atoms. The molecule has 1 aliphatic carbocycles. The number of hydrogen-bond acceptors (Lipinski definition) is 4. The highest BCUT2D eigenvalue weighted by Gasteiger charge is 2.40. The molecule has 114 valence electrons. The molecule has 21 heavy (non-hydrogen) atoms. The molecule has 1 N–H and O–H groups in total. The molecule has 0 saturated heterocycles. The Hall–Kier alpha value is -2.04. The van der Waals surface area contributed by atoms with Gasteiger partial charge in [-0.25, -0.2) is 0 Å². The predicted molar refractivity (Wildman–Crippen MR) is 77.9 cm³/mol. The SMILES string of the molecule is COc1ccc(CCNC(=O)COC(=O)[C@@H]2C[C@H]2C)cc1. The molecule has 0 aliphatic heterocycles. The van der Waals surface area contributed by atoms with Crippen molar-refractivity contribution in [1.29, 1.82) is 0 Å². The van der Waals surface area contributed by atoms with Crippen molar-refractivity contribution in [3.8, 4) is 5.75 Å². The van der Waals surface area contributed by atoms with Gasteiger partial charge in [-0.2, -0.15) is 0 Å². The number of carbonyl (C=O) groups excluding carboxylic acids is 2. The average molecular weight is 291 g/mol. The number of rotatable bonds is 7. The molecule has 0 spiro atoms. The monoisotopic (exact) mass is 291 g/mol. The summed E-state index contributed by atoms with van der Waals surface area (Å²) in [7, 11) is 1.62. The minimum absolute atomic E-state index is 0.00269. The molecule has 1 aromatic rings. The zero-order valence-electron chi connectivity index (χ0n) is 12.4. The van der Waals surface area contributed by atoms with Crippen molar-refractivity contribution < 1.29 is 19.1 Å². The number of esters is 1. The average Bonchev–Trinajstić information content (AvgIpc) is 3.22. The number of hydrogen-bond donors (Lipinski definition) is 1. The van der Waals surface area contributed by atoms with Gasteiger partial charge < -0.3 is 14.8 Å². The van der Waals surface area contributed by atoms with Gasteiger partial charge in [0.25, 0.3) is 5.91 Å². The Morgan fingerprint density at radius 2 is 1.95 bits per heavy atom. The smallest absolute Gasteiger partial charge is 0.309 e. The standard InChI is InChI=1S/C16H21NO4/c1-11-9-14(11)16(19)21-10-15(18)17-8-7-12-3-5-13(20-2)6-4-12/h3-6,11,14H,7-10H2,1-2H3,(H,17,18)/t11-,14-/m1/s1. The van der Waals surface area contributed by atoms with Crippen molar-refractivity contribution in [1.82, 2.24) is 5.32 Å². The molecule has 1 amide bonds. The van der Waals surface area contributed by atoms with Crippen LogP contribution in [-0.2, 0) is 20.7 Å². The maximum atomic E-state index is 11.6. The van der Waals surface area contributed by atoms with E-state index >= 15 is 0 Å². The second-order valence-electron chi connectivity index (χ2n) is 5.38. The Morgan fingerprint density at radius 3 is 2.52 bits per heavy atom. The minimum Gasteiger partial charge on any atom is -0.497 e. The van der Waals surface area contributed by atoms with Crippen molar-refractivity contribution in [3.05, 3.63) is 29.8 Å². The maximum Gasteiger partial charge on any atom is 0.309 e. The highest BCUT2D eigenvalue weighted by Crippen LogP contribution is 2.38. The van der Waals surface area contributed by atoms with Crippen LogP contribution in [0.15, 0.2) is 24.3 Å². The van der Waals surface area contributed by atoms with E-state index in [4.69, 9.17) is 9.47 Å². The van der Waals surface area contributed by atoms with Gasteiger partial charge in [-0.05, 0) is 36.5 Å². The van der Waals surface area contributed by atoms with E-state index in [0.717, 1.165) is 24.2 Å². The quantitative estimate of drug-likeness (QED) is 0.774. The number of benzene rings is 1. The zero-order valence-corrected chi connectivity index (χ0v) is 12.4. The largest absolute Gasteiger partial charge is 0.497 e. The third-order valence-electron chi connectivity index (χ3n) is 3.65. The lowest BCUT2D eigenvalue weighted by Crippen LogP contribution is -2.30. The van der Waals surface area contributed by atoms with E-state index in [1.54, 1.807) is 7.11 Å². The zero-order chi connectivity index (χ0) is 15.2. The summed E-state index contributed by atoms with van der Waals surface area (Å²) in [6, 6.07) is 7.68. The molecular weight excluding hydrogens is 270 g/mol. The van der Waals surface area contributed by atoms with E-state index < -0.39 is 0 Å². The molecule has 1 aliphatic rings. The van der Waals surface area contributed by atoms with Gasteiger partial charge in [0.1, 0.15) is 5.75 Å². The number of nitrogens with one attached hydrogen (secondary N) is 1. The molecule has 2 atom stereocenters. The van der Waals surface area contributed by atoms with Crippen LogP contribution in [-0.4, -0.2) is 32.1 Å². The van der Waals surface area contributed by atoms with Gasteiger partial charge >= 0.3 is 5.97 Å². The Balaban J connectivity index is 1.61. The number of ether oxygens (including phenoxy) is 2. The van der Waals surface area contributed by atoms with E-state index in [-0.39, 0.29) is 24.4 Å². The molecule has 0 heterocycles. The van der Waals surface area contributed by atoms with Gasteiger partial charge in [0, 0.05) is 6.54 Å². The van der Waals surface area contributed by atoms with Crippen molar-refractivity contribution >= 4 is 11.9 Å². The summed E-state index contributed by atoms with van der Waals surface area (Å²) in [6.07, 6.45) is 1.60. The van der Waals surface area contributed by atoms with Crippen molar-refractivity contribution in [2.24, 2.45) is 11.8 Å². The Morgan fingerprint density at radius 1 is 1.29 bits per heavy atom. The molecule has 1 saturated carbocycles. The number of amides is 1. The second-order valence-corrected chi connectivity index (χ2v) is 5.38.